The van der Waals surface area contributed by atoms with Crippen molar-refractivity contribution in [3.8, 4) is 5.75 Å². The number of anilines is 1. The Morgan fingerprint density at radius 2 is 1.92 bits per heavy atom. The normalized spacial score (nSPS) is 20.2. The first-order chi connectivity index (χ1) is 12.5. The van der Waals surface area contributed by atoms with Crippen LogP contribution in [0.5, 0.6) is 5.75 Å². The zero-order valence-corrected chi connectivity index (χ0v) is 15.5. The molecule has 1 aliphatic heterocycles. The molecule has 134 valence electrons. The number of carboxylic acid groups (broad SMARTS) is 1. The van der Waals surface area contributed by atoms with Gasteiger partial charge in [-0.2, -0.15) is 5.10 Å². The van der Waals surface area contributed by atoms with Crippen LogP contribution in [-0.2, 0) is 4.79 Å². The summed E-state index contributed by atoms with van der Waals surface area (Å²) in [4.78, 5) is 11.8. The second-order valence-corrected chi connectivity index (χ2v) is 7.37. The van der Waals surface area contributed by atoms with Crippen LogP contribution >= 0.6 is 23.2 Å². The van der Waals surface area contributed by atoms with Crippen molar-refractivity contribution in [2.75, 3.05) is 12.1 Å². The Labute approximate surface area is 160 Å². The largest absolute Gasteiger partial charge is 0.497 e. The van der Waals surface area contributed by atoms with Crippen LogP contribution in [-0.4, -0.2) is 23.9 Å². The molecular formula is C19H16Cl2N2O3. The smallest absolute Gasteiger partial charge is 0.352 e. The Balaban J connectivity index is 1.84. The lowest BCUT2D eigenvalue weighted by Crippen LogP contribution is -2.29. The van der Waals surface area contributed by atoms with Gasteiger partial charge in [0, 0.05) is 10.4 Å². The Morgan fingerprint density at radius 3 is 2.46 bits per heavy atom. The Bertz CT molecular complexity index is 908. The first-order valence-electron chi connectivity index (χ1n) is 8.17. The summed E-state index contributed by atoms with van der Waals surface area (Å²) in [6, 6.07) is 12.5. The van der Waals surface area contributed by atoms with Crippen molar-refractivity contribution in [1.29, 1.82) is 0 Å². The molecule has 0 saturated heterocycles. The number of rotatable bonds is 4. The van der Waals surface area contributed by atoms with Crippen molar-refractivity contribution in [1.82, 2.24) is 0 Å². The molecule has 4 rings (SSSR count). The number of ether oxygens (including phenoxy) is 1. The minimum Gasteiger partial charge on any atom is -0.497 e. The zero-order valence-electron chi connectivity index (χ0n) is 13.9. The van der Waals surface area contributed by atoms with Gasteiger partial charge in [-0.3, -0.25) is 5.01 Å². The molecule has 0 amide bonds. The highest BCUT2D eigenvalue weighted by Crippen LogP contribution is 2.62. The third-order valence-electron chi connectivity index (χ3n) is 5.03. The van der Waals surface area contributed by atoms with Crippen LogP contribution in [0.25, 0.3) is 0 Å². The molecule has 1 N–H and O–H groups in total. The van der Waals surface area contributed by atoms with Gasteiger partial charge in [0.05, 0.1) is 23.9 Å². The number of methoxy groups -OCH3 is 1. The topological polar surface area (TPSA) is 62.1 Å². The standard InChI is InChI=1S/C19H16Cl2N2O3/c1-26-13-5-2-11(3-6-13)17-19(8-9-19)16(18(24)25)22-23(17)15-7-4-12(20)10-14(15)21/h2-7,10,17H,8-9H2,1H3,(H,24,25). The average Bonchev–Trinajstić information content (AvgIpc) is 3.31. The molecule has 7 heteroatoms. The SMILES string of the molecule is COc1ccc(C2N(c3ccc(Cl)cc3Cl)N=C(C(=O)O)C23CC3)cc1. The lowest BCUT2D eigenvalue weighted by Gasteiger charge is -2.29. The van der Waals surface area contributed by atoms with Crippen LogP contribution in [0.1, 0.15) is 24.4 Å². The van der Waals surface area contributed by atoms with E-state index in [2.05, 4.69) is 5.10 Å². The summed E-state index contributed by atoms with van der Waals surface area (Å²) < 4.78 is 5.23. The van der Waals surface area contributed by atoms with Gasteiger partial charge in [-0.15, -0.1) is 0 Å². The quantitative estimate of drug-likeness (QED) is 0.815. The molecule has 1 unspecified atom stereocenters. The Hall–Kier alpha value is -2.24. The second-order valence-electron chi connectivity index (χ2n) is 6.53. The number of hydrogen-bond donors (Lipinski definition) is 1. The van der Waals surface area contributed by atoms with Crippen molar-refractivity contribution in [3.63, 3.8) is 0 Å². The molecule has 2 aromatic rings. The molecular weight excluding hydrogens is 375 g/mol. The lowest BCUT2D eigenvalue weighted by atomic mass is 9.86. The summed E-state index contributed by atoms with van der Waals surface area (Å²) in [6.45, 7) is 0. The van der Waals surface area contributed by atoms with Gasteiger partial charge in [-0.25, -0.2) is 4.79 Å². The van der Waals surface area contributed by atoms with Gasteiger partial charge in [-0.1, -0.05) is 35.3 Å². The third-order valence-corrected chi connectivity index (χ3v) is 5.56. The van der Waals surface area contributed by atoms with Gasteiger partial charge < -0.3 is 9.84 Å². The van der Waals surface area contributed by atoms with E-state index in [4.69, 9.17) is 27.9 Å². The molecule has 2 aliphatic rings. The van der Waals surface area contributed by atoms with Crippen LogP contribution in [0.2, 0.25) is 10.0 Å². The molecule has 1 spiro atoms. The predicted molar refractivity (Wildman–Crippen MR) is 101 cm³/mol. The minimum absolute atomic E-state index is 0.185. The van der Waals surface area contributed by atoms with Gasteiger partial charge >= 0.3 is 5.97 Å². The summed E-state index contributed by atoms with van der Waals surface area (Å²) in [5.41, 5.74) is 1.29. The second kappa shape index (κ2) is 6.18. The summed E-state index contributed by atoms with van der Waals surface area (Å²) >= 11 is 12.4. The molecule has 1 fully saturated rings. The van der Waals surface area contributed by atoms with Gasteiger partial charge in [0.15, 0.2) is 5.71 Å². The van der Waals surface area contributed by atoms with E-state index in [1.807, 2.05) is 24.3 Å². The minimum atomic E-state index is -0.992. The highest BCUT2D eigenvalue weighted by Gasteiger charge is 2.62. The fraction of sp³-hybridized carbons (Fsp3) is 0.263. The van der Waals surface area contributed by atoms with Crippen molar-refractivity contribution >= 4 is 40.6 Å². The molecule has 1 saturated carbocycles. The van der Waals surface area contributed by atoms with E-state index in [0.29, 0.717) is 15.7 Å². The van der Waals surface area contributed by atoms with Gasteiger partial charge in [0.1, 0.15) is 5.75 Å². The highest BCUT2D eigenvalue weighted by atomic mass is 35.5. The van der Waals surface area contributed by atoms with E-state index in [0.717, 1.165) is 24.2 Å². The number of nitrogens with zero attached hydrogens (tertiary/aromatic N) is 2. The number of hydrazone groups is 1. The number of carbonyl (C=O) groups is 1. The summed E-state index contributed by atoms with van der Waals surface area (Å²) in [7, 11) is 1.61. The van der Waals surface area contributed by atoms with E-state index >= 15 is 0 Å². The first kappa shape index (κ1) is 17.2. The van der Waals surface area contributed by atoms with E-state index in [9.17, 15) is 9.90 Å². The summed E-state index contributed by atoms with van der Waals surface area (Å²) in [5.74, 6) is -0.249. The molecule has 0 bridgehead atoms. The van der Waals surface area contributed by atoms with Crippen molar-refractivity contribution in [3.05, 3.63) is 58.1 Å². The van der Waals surface area contributed by atoms with E-state index < -0.39 is 11.4 Å². The van der Waals surface area contributed by atoms with Gasteiger partial charge in [-0.05, 0) is 48.7 Å². The van der Waals surface area contributed by atoms with Gasteiger partial charge in [0.2, 0.25) is 0 Å². The lowest BCUT2D eigenvalue weighted by molar-refractivity contribution is -0.129. The third kappa shape index (κ3) is 2.63. The van der Waals surface area contributed by atoms with Crippen molar-refractivity contribution in [2.45, 2.75) is 18.9 Å². The maximum Gasteiger partial charge on any atom is 0.352 e. The van der Waals surface area contributed by atoms with Crippen LogP contribution < -0.4 is 9.75 Å². The molecule has 5 nitrogen and oxygen atoms in total. The molecule has 26 heavy (non-hydrogen) atoms. The fourth-order valence-corrected chi connectivity index (χ4v) is 4.13. The number of hydrogen-bond acceptors (Lipinski definition) is 4. The Kier molecular flexibility index (Phi) is 4.09. The van der Waals surface area contributed by atoms with E-state index in [-0.39, 0.29) is 11.8 Å². The van der Waals surface area contributed by atoms with E-state index in [1.165, 1.54) is 0 Å². The first-order valence-corrected chi connectivity index (χ1v) is 8.92. The zero-order chi connectivity index (χ0) is 18.5. The predicted octanol–water partition coefficient (Wildman–Crippen LogP) is 4.78. The molecule has 1 aliphatic carbocycles. The van der Waals surface area contributed by atoms with Gasteiger partial charge in [0.25, 0.3) is 0 Å². The maximum absolute atomic E-state index is 11.8. The van der Waals surface area contributed by atoms with Crippen molar-refractivity contribution in [2.24, 2.45) is 10.5 Å². The van der Waals surface area contributed by atoms with Crippen LogP contribution in [0.15, 0.2) is 47.6 Å². The monoisotopic (exact) mass is 390 g/mol. The average molecular weight is 391 g/mol. The summed E-state index contributed by atoms with van der Waals surface area (Å²) in [5, 5.41) is 16.8. The molecule has 0 aromatic heterocycles. The molecule has 2 aromatic carbocycles. The Morgan fingerprint density at radius 1 is 1.23 bits per heavy atom. The fourth-order valence-electron chi connectivity index (χ4n) is 3.64. The van der Waals surface area contributed by atoms with E-state index in [1.54, 1.807) is 30.3 Å². The van der Waals surface area contributed by atoms with Crippen molar-refractivity contribution < 1.29 is 14.6 Å². The molecule has 1 heterocycles. The number of carboxylic acids is 1. The number of benzene rings is 2. The molecule has 0 radical (unpaired) electrons. The van der Waals surface area contributed by atoms with Crippen LogP contribution in [0.4, 0.5) is 5.69 Å². The van der Waals surface area contributed by atoms with Crippen LogP contribution in [0.3, 0.4) is 0 Å². The summed E-state index contributed by atoms with van der Waals surface area (Å²) in [6.07, 6.45) is 1.55. The highest BCUT2D eigenvalue weighted by molar-refractivity contribution is 6.40. The number of aliphatic carboxylic acids is 1. The van der Waals surface area contributed by atoms with Crippen LogP contribution in [0, 0.1) is 5.41 Å². The number of halogens is 2. The maximum atomic E-state index is 11.8. The molecule has 1 atom stereocenters.